The van der Waals surface area contributed by atoms with Gasteiger partial charge in [0.05, 0.1) is 24.6 Å². The highest BCUT2D eigenvalue weighted by Gasteiger charge is 2.18. The maximum Gasteiger partial charge on any atom is 0.344 e. The van der Waals surface area contributed by atoms with Gasteiger partial charge in [-0.05, 0) is 47.2 Å². The van der Waals surface area contributed by atoms with Gasteiger partial charge in [-0.25, -0.2) is 9.59 Å². The summed E-state index contributed by atoms with van der Waals surface area (Å²) in [6.45, 7) is 2.00. The summed E-state index contributed by atoms with van der Waals surface area (Å²) in [5.74, 6) is 9.28. The molecule has 0 saturated heterocycles. The molecule has 0 aliphatic rings. The lowest BCUT2D eigenvalue weighted by atomic mass is 10.0. The number of rotatable bonds is 10. The SMILES string of the molecule is CCOC(=O)COC(=O)c1cn(Cc2cccc(C=NN)c2)cc1Cc1ccc(C=NN)cc1. The summed E-state index contributed by atoms with van der Waals surface area (Å²) in [7, 11) is 0. The third kappa shape index (κ3) is 6.80. The highest BCUT2D eigenvalue weighted by atomic mass is 16.6. The second kappa shape index (κ2) is 12.0. The quantitative estimate of drug-likeness (QED) is 0.206. The molecule has 9 nitrogen and oxygen atoms in total. The van der Waals surface area contributed by atoms with Crippen LogP contribution in [0.2, 0.25) is 0 Å². The number of hydrazone groups is 2. The van der Waals surface area contributed by atoms with Gasteiger partial charge in [0.1, 0.15) is 0 Å². The van der Waals surface area contributed by atoms with E-state index >= 15 is 0 Å². The van der Waals surface area contributed by atoms with Gasteiger partial charge < -0.3 is 25.7 Å². The van der Waals surface area contributed by atoms with Crippen molar-refractivity contribution in [1.82, 2.24) is 4.57 Å². The second-order valence-electron chi connectivity index (χ2n) is 7.47. The van der Waals surface area contributed by atoms with Gasteiger partial charge >= 0.3 is 11.9 Å². The van der Waals surface area contributed by atoms with Crippen molar-refractivity contribution in [3.63, 3.8) is 0 Å². The molecule has 4 N–H and O–H groups in total. The highest BCUT2D eigenvalue weighted by molar-refractivity contribution is 5.92. The molecule has 34 heavy (non-hydrogen) atoms. The number of ether oxygens (including phenoxy) is 2. The molecule has 0 bridgehead atoms. The standard InChI is InChI=1S/C25H27N5O4/c1-2-33-24(31)17-34-25(32)23-16-30(14-21-5-3-4-20(10-21)13-29-27)15-22(23)11-18-6-8-19(9-7-18)12-28-26/h3-10,12-13,15-16H,2,11,14,17,26-27H2,1H3. The summed E-state index contributed by atoms with van der Waals surface area (Å²) in [6, 6.07) is 15.4. The van der Waals surface area contributed by atoms with E-state index in [4.69, 9.17) is 21.2 Å². The van der Waals surface area contributed by atoms with Crippen LogP contribution in [0.3, 0.4) is 0 Å². The van der Waals surface area contributed by atoms with Crippen molar-refractivity contribution in [3.8, 4) is 0 Å². The monoisotopic (exact) mass is 461 g/mol. The Labute approximate surface area is 197 Å². The molecule has 176 valence electrons. The number of aromatic nitrogens is 1. The molecular weight excluding hydrogens is 434 g/mol. The first kappa shape index (κ1) is 24.2. The van der Waals surface area contributed by atoms with Gasteiger partial charge in [0.25, 0.3) is 0 Å². The van der Waals surface area contributed by atoms with Gasteiger partial charge in [-0.1, -0.05) is 42.5 Å². The fraction of sp³-hybridized carbons (Fsp3) is 0.200. The fourth-order valence-electron chi connectivity index (χ4n) is 3.47. The second-order valence-corrected chi connectivity index (χ2v) is 7.47. The minimum atomic E-state index is -0.590. The smallest absolute Gasteiger partial charge is 0.344 e. The molecule has 0 radical (unpaired) electrons. The largest absolute Gasteiger partial charge is 0.463 e. The molecule has 3 rings (SSSR count). The average Bonchev–Trinajstić information content (AvgIpc) is 3.21. The van der Waals surface area contributed by atoms with E-state index < -0.39 is 18.5 Å². The summed E-state index contributed by atoms with van der Waals surface area (Å²) in [6.07, 6.45) is 7.25. The maximum atomic E-state index is 12.8. The van der Waals surface area contributed by atoms with Gasteiger partial charge in [0.2, 0.25) is 0 Å². The number of carbonyl (C=O) groups is 2. The van der Waals surface area contributed by atoms with Crippen LogP contribution < -0.4 is 11.7 Å². The number of hydrogen-bond donors (Lipinski definition) is 2. The molecule has 1 aromatic heterocycles. The van der Waals surface area contributed by atoms with Crippen LogP contribution in [0.1, 0.15) is 45.1 Å². The number of benzene rings is 2. The van der Waals surface area contributed by atoms with E-state index in [0.717, 1.165) is 27.8 Å². The van der Waals surface area contributed by atoms with Crippen molar-refractivity contribution in [2.75, 3.05) is 13.2 Å². The summed E-state index contributed by atoms with van der Waals surface area (Å²) >= 11 is 0. The molecule has 2 aromatic carbocycles. The molecule has 1 heterocycles. The molecule has 9 heteroatoms. The zero-order valence-electron chi connectivity index (χ0n) is 18.9. The average molecular weight is 462 g/mol. The highest BCUT2D eigenvalue weighted by Crippen LogP contribution is 2.19. The van der Waals surface area contributed by atoms with Crippen LogP contribution in [0, 0.1) is 0 Å². The molecule has 0 unspecified atom stereocenters. The Balaban J connectivity index is 1.85. The number of nitrogens with two attached hydrogens (primary N) is 2. The van der Waals surface area contributed by atoms with Crippen molar-refractivity contribution in [1.29, 1.82) is 0 Å². The van der Waals surface area contributed by atoms with Crippen LogP contribution >= 0.6 is 0 Å². The Kier molecular flexibility index (Phi) is 8.56. The zero-order chi connectivity index (χ0) is 24.3. The van der Waals surface area contributed by atoms with Crippen molar-refractivity contribution < 1.29 is 19.1 Å². The first-order chi connectivity index (χ1) is 16.5. The Morgan fingerprint density at radius 3 is 2.38 bits per heavy atom. The van der Waals surface area contributed by atoms with E-state index in [1.165, 1.54) is 0 Å². The summed E-state index contributed by atoms with van der Waals surface area (Å²) in [4.78, 5) is 24.4. The predicted octanol–water partition coefficient (Wildman–Crippen LogP) is 2.43. The van der Waals surface area contributed by atoms with Crippen molar-refractivity contribution in [2.45, 2.75) is 19.9 Å². The van der Waals surface area contributed by atoms with Crippen LogP contribution in [0.25, 0.3) is 0 Å². The first-order valence-corrected chi connectivity index (χ1v) is 10.7. The number of nitrogens with zero attached hydrogens (tertiary/aromatic N) is 3. The van der Waals surface area contributed by atoms with Crippen molar-refractivity contribution in [2.24, 2.45) is 21.9 Å². The topological polar surface area (TPSA) is 134 Å². The molecule has 0 atom stereocenters. The lowest BCUT2D eigenvalue weighted by Crippen LogP contribution is -2.17. The van der Waals surface area contributed by atoms with Crippen LogP contribution in [0.15, 0.2) is 71.1 Å². The van der Waals surface area contributed by atoms with Crippen LogP contribution in [0.4, 0.5) is 0 Å². The number of esters is 2. The summed E-state index contributed by atoms with van der Waals surface area (Å²) < 4.78 is 11.9. The normalized spacial score (nSPS) is 11.2. The van der Waals surface area contributed by atoms with Gasteiger partial charge in [0, 0.05) is 18.9 Å². The third-order valence-corrected chi connectivity index (χ3v) is 4.95. The lowest BCUT2D eigenvalue weighted by Gasteiger charge is -2.06. The zero-order valence-corrected chi connectivity index (χ0v) is 18.9. The number of carbonyl (C=O) groups excluding carboxylic acids is 2. The Morgan fingerprint density at radius 2 is 1.68 bits per heavy atom. The van der Waals surface area contributed by atoms with Crippen LogP contribution in [0.5, 0.6) is 0 Å². The summed E-state index contributed by atoms with van der Waals surface area (Å²) in [5, 5.41) is 7.09. The van der Waals surface area contributed by atoms with Gasteiger partial charge in [-0.15, -0.1) is 0 Å². The summed E-state index contributed by atoms with van der Waals surface area (Å²) in [5.41, 5.74) is 4.91. The van der Waals surface area contributed by atoms with E-state index in [0.29, 0.717) is 18.5 Å². The number of hydrogen-bond acceptors (Lipinski definition) is 8. The van der Waals surface area contributed by atoms with Crippen LogP contribution in [-0.2, 0) is 27.2 Å². The molecule has 0 spiro atoms. The van der Waals surface area contributed by atoms with Crippen molar-refractivity contribution in [3.05, 3.63) is 94.3 Å². The molecule has 0 aliphatic carbocycles. The Hall–Kier alpha value is -4.40. The molecule has 0 amide bonds. The predicted molar refractivity (Wildman–Crippen MR) is 130 cm³/mol. The van der Waals surface area contributed by atoms with Gasteiger partial charge in [-0.3, -0.25) is 0 Å². The third-order valence-electron chi connectivity index (χ3n) is 4.95. The molecule has 0 aliphatic heterocycles. The van der Waals surface area contributed by atoms with E-state index in [1.807, 2.05) is 59.3 Å². The Bertz CT molecular complexity index is 1180. The van der Waals surface area contributed by atoms with E-state index in [-0.39, 0.29) is 6.61 Å². The van der Waals surface area contributed by atoms with Gasteiger partial charge in [-0.2, -0.15) is 10.2 Å². The maximum absolute atomic E-state index is 12.8. The lowest BCUT2D eigenvalue weighted by molar-refractivity contribution is -0.146. The molecule has 3 aromatic rings. The van der Waals surface area contributed by atoms with Crippen molar-refractivity contribution >= 4 is 24.4 Å². The Morgan fingerprint density at radius 1 is 0.941 bits per heavy atom. The molecule has 0 saturated carbocycles. The van der Waals surface area contributed by atoms with E-state index in [2.05, 4.69) is 10.2 Å². The minimum Gasteiger partial charge on any atom is -0.463 e. The van der Waals surface area contributed by atoms with E-state index in [1.54, 1.807) is 25.5 Å². The molecular formula is C25H27N5O4. The fourth-order valence-corrected chi connectivity index (χ4v) is 3.47. The van der Waals surface area contributed by atoms with E-state index in [9.17, 15) is 9.59 Å². The van der Waals surface area contributed by atoms with Crippen LogP contribution in [-0.4, -0.2) is 42.1 Å². The minimum absolute atomic E-state index is 0.219. The van der Waals surface area contributed by atoms with Gasteiger partial charge in [0.15, 0.2) is 6.61 Å². The first-order valence-electron chi connectivity index (χ1n) is 10.7. The molecule has 0 fully saturated rings.